The maximum Gasteiger partial charge on any atom is 0.229 e. The average Bonchev–Trinajstić information content (AvgIpc) is 3.46. The van der Waals surface area contributed by atoms with E-state index in [2.05, 4.69) is 59.7 Å². The highest BCUT2D eigenvalue weighted by Gasteiger charge is 2.42. The van der Waals surface area contributed by atoms with E-state index in [1.807, 2.05) is 11.0 Å². The summed E-state index contributed by atoms with van der Waals surface area (Å²) in [6.45, 7) is 1.86. The summed E-state index contributed by atoms with van der Waals surface area (Å²) in [7, 11) is 0. The second-order valence-electron chi connectivity index (χ2n) is 10.2. The minimum absolute atomic E-state index is 0.0229. The van der Waals surface area contributed by atoms with Crippen LogP contribution in [0, 0.1) is 5.92 Å². The van der Waals surface area contributed by atoms with Crippen LogP contribution in [-0.2, 0) is 15.1 Å². The van der Waals surface area contributed by atoms with E-state index in [-0.39, 0.29) is 23.5 Å². The van der Waals surface area contributed by atoms with Crippen LogP contribution in [0.5, 0.6) is 0 Å². The molecule has 0 bridgehead atoms. The number of carbonyl (C=O) groups excluding carboxylic acids is 1. The van der Waals surface area contributed by atoms with Crippen LogP contribution >= 0.6 is 0 Å². The predicted octanol–water partition coefficient (Wildman–Crippen LogP) is 3.80. The highest BCUT2D eigenvalue weighted by atomic mass is 16.5. The van der Waals surface area contributed by atoms with Crippen LogP contribution in [0.2, 0.25) is 0 Å². The number of fused-ring (bicyclic) bond motifs is 1. The van der Waals surface area contributed by atoms with Gasteiger partial charge in [-0.05, 0) is 43.2 Å². The summed E-state index contributed by atoms with van der Waals surface area (Å²) >= 11 is 0. The van der Waals surface area contributed by atoms with Crippen LogP contribution in [-0.4, -0.2) is 53.3 Å². The van der Waals surface area contributed by atoms with Crippen molar-refractivity contribution < 1.29 is 9.53 Å². The number of ether oxygens (including phenoxy) is 1. The summed E-state index contributed by atoms with van der Waals surface area (Å²) in [6, 6.07) is 8.90. The Hall–Kier alpha value is -3.19. The van der Waals surface area contributed by atoms with Crippen molar-refractivity contribution in [2.24, 2.45) is 21.6 Å². The molecular weight excluding hydrogens is 438 g/mol. The van der Waals surface area contributed by atoms with Gasteiger partial charge in [0.1, 0.15) is 12.6 Å². The molecule has 1 saturated carbocycles. The topological polar surface area (TPSA) is 83.5 Å². The maximum atomic E-state index is 11.8. The first-order chi connectivity index (χ1) is 17.1. The molecule has 0 spiro atoms. The molecule has 1 saturated heterocycles. The Balaban J connectivity index is 1.21. The molecule has 3 unspecified atom stereocenters. The number of rotatable bonds is 6. The molecule has 1 aromatic carbocycles. The summed E-state index contributed by atoms with van der Waals surface area (Å²) in [6.07, 6.45) is 18.6. The number of allylic oxidation sites excluding steroid dienone is 3. The Morgan fingerprint density at radius 1 is 1.14 bits per heavy atom. The van der Waals surface area contributed by atoms with Crippen molar-refractivity contribution in [3.8, 4) is 0 Å². The van der Waals surface area contributed by atoms with Crippen molar-refractivity contribution in [2.45, 2.75) is 56.1 Å². The molecule has 7 nitrogen and oxygen atoms in total. The van der Waals surface area contributed by atoms with Gasteiger partial charge in [-0.25, -0.2) is 4.99 Å². The van der Waals surface area contributed by atoms with Gasteiger partial charge in [0, 0.05) is 36.7 Å². The third kappa shape index (κ3) is 4.22. The van der Waals surface area contributed by atoms with Crippen molar-refractivity contribution in [1.29, 1.82) is 0 Å². The molecule has 1 amide bonds. The summed E-state index contributed by atoms with van der Waals surface area (Å²) in [5.41, 5.74) is 8.80. The Bertz CT molecular complexity index is 1130. The van der Waals surface area contributed by atoms with Crippen LogP contribution in [0.4, 0.5) is 0 Å². The molecule has 7 heteroatoms. The van der Waals surface area contributed by atoms with Gasteiger partial charge in [-0.3, -0.25) is 4.79 Å². The van der Waals surface area contributed by atoms with Crippen LogP contribution in [0.25, 0.3) is 0 Å². The lowest BCUT2D eigenvalue weighted by Gasteiger charge is -2.39. The van der Waals surface area contributed by atoms with E-state index in [1.54, 1.807) is 0 Å². The lowest BCUT2D eigenvalue weighted by molar-refractivity contribution is -0.128. The van der Waals surface area contributed by atoms with Gasteiger partial charge in [-0.2, -0.15) is 4.99 Å². The largest absolute Gasteiger partial charge is 0.476 e. The zero-order valence-corrected chi connectivity index (χ0v) is 20.1. The van der Waals surface area contributed by atoms with Gasteiger partial charge in [0.2, 0.25) is 17.8 Å². The van der Waals surface area contributed by atoms with Gasteiger partial charge in [-0.1, -0.05) is 48.6 Å². The molecule has 2 aliphatic carbocycles. The molecule has 2 fully saturated rings. The van der Waals surface area contributed by atoms with Crippen LogP contribution in [0.3, 0.4) is 0 Å². The van der Waals surface area contributed by atoms with Gasteiger partial charge in [0.15, 0.2) is 0 Å². The van der Waals surface area contributed by atoms with Crippen molar-refractivity contribution in [3.63, 3.8) is 0 Å². The van der Waals surface area contributed by atoms with E-state index >= 15 is 0 Å². The van der Waals surface area contributed by atoms with Crippen molar-refractivity contribution >= 4 is 17.8 Å². The second kappa shape index (κ2) is 9.11. The lowest BCUT2D eigenvalue weighted by atomic mass is 9.72. The summed E-state index contributed by atoms with van der Waals surface area (Å²) in [5, 5.41) is 0. The number of carbonyl (C=O) groups is 1. The fourth-order valence-electron chi connectivity index (χ4n) is 5.79. The third-order valence-corrected chi connectivity index (χ3v) is 8.03. The molecule has 1 aromatic rings. The van der Waals surface area contributed by atoms with Crippen LogP contribution < -0.4 is 5.73 Å². The van der Waals surface area contributed by atoms with E-state index in [9.17, 15) is 4.79 Å². The predicted molar refractivity (Wildman–Crippen MR) is 137 cm³/mol. The number of aliphatic imine (C=N–C) groups is 2. The van der Waals surface area contributed by atoms with Gasteiger partial charge >= 0.3 is 0 Å². The fraction of sp³-hybridized carbons (Fsp3) is 0.464. The summed E-state index contributed by atoms with van der Waals surface area (Å²) in [4.78, 5) is 25.7. The first-order valence-corrected chi connectivity index (χ1v) is 12.9. The molecule has 5 aliphatic rings. The minimum atomic E-state index is -0.160. The zero-order valence-electron chi connectivity index (χ0n) is 20.1. The number of likely N-dealkylation sites (tertiary alicyclic amines) is 1. The molecule has 3 atom stereocenters. The Morgan fingerprint density at radius 2 is 2.00 bits per heavy atom. The molecule has 6 rings (SSSR count). The number of hydrogen-bond acceptors (Lipinski definition) is 6. The van der Waals surface area contributed by atoms with Crippen molar-refractivity contribution in [3.05, 3.63) is 72.0 Å². The van der Waals surface area contributed by atoms with Gasteiger partial charge in [0.05, 0.1) is 12.6 Å². The van der Waals surface area contributed by atoms with Crippen LogP contribution in [0.1, 0.15) is 55.7 Å². The number of benzene rings is 1. The normalized spacial score (nSPS) is 28.6. The van der Waals surface area contributed by atoms with Crippen LogP contribution in [0.15, 0.2) is 70.8 Å². The van der Waals surface area contributed by atoms with Gasteiger partial charge < -0.3 is 20.3 Å². The first kappa shape index (κ1) is 22.3. The molecule has 182 valence electrons. The monoisotopic (exact) mass is 471 g/mol. The number of amides is 1. The highest BCUT2D eigenvalue weighted by molar-refractivity contribution is 6.02. The molecule has 3 aliphatic heterocycles. The van der Waals surface area contributed by atoms with Crippen molar-refractivity contribution in [2.75, 3.05) is 19.7 Å². The molecular formula is C28H33N5O2. The fourth-order valence-corrected chi connectivity index (χ4v) is 5.79. The number of guanidine groups is 1. The Kier molecular flexibility index (Phi) is 5.80. The number of hydrogen-bond donors (Lipinski definition) is 1. The molecule has 2 N–H and O–H groups in total. The smallest absolute Gasteiger partial charge is 0.229 e. The quantitative estimate of drug-likeness (QED) is 0.684. The second-order valence-corrected chi connectivity index (χ2v) is 10.2. The van der Waals surface area contributed by atoms with Gasteiger partial charge in [0.25, 0.3) is 0 Å². The van der Waals surface area contributed by atoms with Crippen molar-refractivity contribution in [1.82, 2.24) is 9.80 Å². The standard InChI is InChI=1S/C28H33N5O2/c29-28(14-5-15-28)22-11-9-20(10-12-22)25-26(21-6-2-1-3-7-21)33-17-13-23(30-27(33)31-25)35-19-18-32-16-4-8-24(32)34/h1-3,6,9-13,17,21,25-26H,4-5,7-8,14-16,18-19,29H2. The average molecular weight is 472 g/mol. The van der Waals surface area contributed by atoms with E-state index in [0.717, 1.165) is 32.2 Å². The first-order valence-electron chi connectivity index (χ1n) is 12.9. The third-order valence-electron chi connectivity index (χ3n) is 8.03. The van der Waals surface area contributed by atoms with E-state index in [1.165, 1.54) is 17.5 Å². The number of nitrogens with two attached hydrogens (primary N) is 1. The Labute approximate surface area is 206 Å². The molecule has 0 aromatic heterocycles. The summed E-state index contributed by atoms with van der Waals surface area (Å²) in [5.74, 6) is 1.79. The zero-order chi connectivity index (χ0) is 23.8. The molecule has 0 radical (unpaired) electrons. The summed E-state index contributed by atoms with van der Waals surface area (Å²) < 4.78 is 5.92. The molecule has 3 heterocycles. The number of nitrogens with zero attached hydrogens (tertiary/aromatic N) is 4. The van der Waals surface area contributed by atoms with Gasteiger partial charge in [-0.15, -0.1) is 0 Å². The van der Waals surface area contributed by atoms with E-state index in [0.29, 0.717) is 37.3 Å². The minimum Gasteiger partial charge on any atom is -0.476 e. The Morgan fingerprint density at radius 3 is 2.69 bits per heavy atom. The van der Waals surface area contributed by atoms with E-state index < -0.39 is 0 Å². The molecule has 35 heavy (non-hydrogen) atoms. The SMILES string of the molecule is NC1(c2ccc(C3N=C4N=C(OCCN5CCCC5=O)C=CN4C3C3C=CC=CC3)cc2)CCC1. The lowest BCUT2D eigenvalue weighted by Crippen LogP contribution is -2.43. The van der Waals surface area contributed by atoms with E-state index in [4.69, 9.17) is 20.5 Å². The highest BCUT2D eigenvalue weighted by Crippen LogP contribution is 2.42. The maximum absolute atomic E-state index is 11.8.